The smallest absolute Gasteiger partial charge is 0.410 e. The number of aliphatic hydroxyl groups is 2. The first kappa shape index (κ1) is 18.7. The van der Waals surface area contributed by atoms with Gasteiger partial charge >= 0.3 is 6.09 Å². The molecule has 1 aromatic rings. The van der Waals surface area contributed by atoms with Crippen LogP contribution in [-0.2, 0) is 11.3 Å². The van der Waals surface area contributed by atoms with Gasteiger partial charge in [0, 0.05) is 12.6 Å². The Labute approximate surface area is 144 Å². The summed E-state index contributed by atoms with van der Waals surface area (Å²) in [7, 11) is 0. The average molecular weight is 335 g/mol. The molecule has 0 aliphatic carbocycles. The fourth-order valence-corrected chi connectivity index (χ4v) is 3.15. The summed E-state index contributed by atoms with van der Waals surface area (Å²) in [5.41, 5.74) is 0.953. The quantitative estimate of drug-likeness (QED) is 0.838. The highest BCUT2D eigenvalue weighted by atomic mass is 16.6. The van der Waals surface area contributed by atoms with E-state index in [1.165, 1.54) is 0 Å². The molecule has 0 unspecified atom stereocenters. The Hall–Kier alpha value is -1.59. The minimum atomic E-state index is -0.822. The molecule has 1 heterocycles. The number of carbonyl (C=O) groups is 1. The van der Waals surface area contributed by atoms with Gasteiger partial charge < -0.3 is 19.8 Å². The fourth-order valence-electron chi connectivity index (χ4n) is 3.15. The zero-order chi connectivity index (χ0) is 17.5. The van der Waals surface area contributed by atoms with Gasteiger partial charge in [-0.2, -0.15) is 0 Å². The number of hydrogen-bond donors (Lipinski definition) is 2. The van der Waals surface area contributed by atoms with Gasteiger partial charge in [0.15, 0.2) is 0 Å². The number of nitrogens with zero attached hydrogens (tertiary/aromatic N) is 1. The Bertz CT molecular complexity index is 505. The van der Waals surface area contributed by atoms with Crippen LogP contribution in [0.2, 0.25) is 0 Å². The molecule has 1 aliphatic heterocycles. The topological polar surface area (TPSA) is 70.0 Å². The van der Waals surface area contributed by atoms with Crippen LogP contribution in [0.25, 0.3) is 0 Å². The highest BCUT2D eigenvalue weighted by molar-refractivity contribution is 5.68. The van der Waals surface area contributed by atoms with Crippen molar-refractivity contribution in [2.24, 2.45) is 5.92 Å². The van der Waals surface area contributed by atoms with Crippen LogP contribution in [0.15, 0.2) is 30.3 Å². The predicted molar refractivity (Wildman–Crippen MR) is 92.4 cm³/mol. The van der Waals surface area contributed by atoms with Crippen LogP contribution in [0.4, 0.5) is 4.79 Å². The van der Waals surface area contributed by atoms with Crippen molar-refractivity contribution in [3.8, 4) is 0 Å². The van der Waals surface area contributed by atoms with E-state index in [1.807, 2.05) is 44.2 Å². The van der Waals surface area contributed by atoms with Crippen LogP contribution in [0.5, 0.6) is 0 Å². The van der Waals surface area contributed by atoms with Crippen molar-refractivity contribution in [3.05, 3.63) is 35.9 Å². The predicted octanol–water partition coefficient (Wildman–Crippen LogP) is 2.95. The van der Waals surface area contributed by atoms with Gasteiger partial charge in [-0.25, -0.2) is 4.79 Å². The van der Waals surface area contributed by atoms with Crippen molar-refractivity contribution in [1.82, 2.24) is 4.90 Å². The lowest BCUT2D eigenvalue weighted by Crippen LogP contribution is -2.47. The molecule has 0 radical (unpaired) electrons. The minimum absolute atomic E-state index is 0.0120. The largest absolute Gasteiger partial charge is 0.445 e. The van der Waals surface area contributed by atoms with Crippen LogP contribution in [0, 0.1) is 5.92 Å². The van der Waals surface area contributed by atoms with Crippen molar-refractivity contribution < 1.29 is 19.7 Å². The molecular weight excluding hydrogens is 306 g/mol. The zero-order valence-corrected chi connectivity index (χ0v) is 14.6. The molecule has 2 N–H and O–H groups in total. The van der Waals surface area contributed by atoms with Crippen LogP contribution in [-0.4, -0.2) is 46.0 Å². The summed E-state index contributed by atoms with van der Waals surface area (Å²) >= 11 is 0. The maximum atomic E-state index is 12.4. The number of amides is 1. The van der Waals surface area contributed by atoms with Crippen LogP contribution < -0.4 is 0 Å². The van der Waals surface area contributed by atoms with Gasteiger partial charge in [0.1, 0.15) is 6.61 Å². The SMILES string of the molecule is CC(C)[C@H](O)[C@H](O)C[C@@H]1CCCCN1C(=O)OCc1ccccc1. The number of aliphatic hydroxyl groups excluding tert-OH is 2. The van der Waals surface area contributed by atoms with E-state index in [4.69, 9.17) is 4.74 Å². The summed E-state index contributed by atoms with van der Waals surface area (Å²) in [5, 5.41) is 20.2. The molecule has 5 nitrogen and oxygen atoms in total. The van der Waals surface area contributed by atoms with E-state index in [1.54, 1.807) is 4.90 Å². The Morgan fingerprint density at radius 1 is 1.25 bits per heavy atom. The maximum Gasteiger partial charge on any atom is 0.410 e. The van der Waals surface area contributed by atoms with E-state index >= 15 is 0 Å². The molecular formula is C19H29NO4. The summed E-state index contributed by atoms with van der Waals surface area (Å²) in [4.78, 5) is 14.1. The van der Waals surface area contributed by atoms with Gasteiger partial charge in [-0.1, -0.05) is 44.2 Å². The minimum Gasteiger partial charge on any atom is -0.445 e. The highest BCUT2D eigenvalue weighted by Gasteiger charge is 2.32. The molecule has 2 rings (SSSR count). The molecule has 0 bridgehead atoms. The Morgan fingerprint density at radius 2 is 1.96 bits per heavy atom. The Kier molecular flexibility index (Phi) is 7.06. The fraction of sp³-hybridized carbons (Fsp3) is 0.632. The number of carbonyl (C=O) groups excluding carboxylic acids is 1. The summed E-state index contributed by atoms with van der Waals surface area (Å²) in [6, 6.07) is 9.51. The van der Waals surface area contributed by atoms with E-state index in [0.29, 0.717) is 13.0 Å². The molecule has 0 spiro atoms. The van der Waals surface area contributed by atoms with Crippen LogP contribution in [0.3, 0.4) is 0 Å². The highest BCUT2D eigenvalue weighted by Crippen LogP contribution is 2.24. The summed E-state index contributed by atoms with van der Waals surface area (Å²) < 4.78 is 5.43. The maximum absolute atomic E-state index is 12.4. The van der Waals surface area contributed by atoms with Gasteiger partial charge in [-0.05, 0) is 37.2 Å². The van der Waals surface area contributed by atoms with Crippen molar-refractivity contribution >= 4 is 6.09 Å². The number of likely N-dealkylation sites (tertiary alicyclic amines) is 1. The van der Waals surface area contributed by atoms with E-state index in [2.05, 4.69) is 0 Å². The van der Waals surface area contributed by atoms with E-state index in [9.17, 15) is 15.0 Å². The number of ether oxygens (including phenoxy) is 1. The monoisotopic (exact) mass is 335 g/mol. The van der Waals surface area contributed by atoms with Crippen molar-refractivity contribution in [1.29, 1.82) is 0 Å². The summed E-state index contributed by atoms with van der Waals surface area (Å²) in [6.45, 7) is 4.64. The van der Waals surface area contributed by atoms with Crippen molar-refractivity contribution in [2.45, 2.75) is 64.4 Å². The molecule has 5 heteroatoms. The molecule has 3 atom stereocenters. The van der Waals surface area contributed by atoms with E-state index < -0.39 is 12.2 Å². The molecule has 1 fully saturated rings. The van der Waals surface area contributed by atoms with E-state index in [-0.39, 0.29) is 24.7 Å². The Balaban J connectivity index is 1.91. The zero-order valence-electron chi connectivity index (χ0n) is 14.6. The second-order valence-corrected chi connectivity index (χ2v) is 6.92. The van der Waals surface area contributed by atoms with E-state index in [0.717, 1.165) is 24.8 Å². The molecule has 0 saturated carbocycles. The standard InChI is InChI=1S/C19H29NO4/c1-14(2)18(22)17(21)12-16-10-6-7-11-20(16)19(23)24-13-15-8-4-3-5-9-15/h3-5,8-9,14,16-18,21-22H,6-7,10-13H2,1-2H3/t16-,17+,18-/m0/s1. The van der Waals surface area contributed by atoms with Crippen LogP contribution >= 0.6 is 0 Å². The summed E-state index contributed by atoms with van der Waals surface area (Å²) in [5.74, 6) is -0.0120. The number of benzene rings is 1. The number of piperidine rings is 1. The molecule has 24 heavy (non-hydrogen) atoms. The third-order valence-corrected chi connectivity index (χ3v) is 4.66. The number of rotatable bonds is 6. The lowest BCUT2D eigenvalue weighted by molar-refractivity contribution is -0.0301. The first-order chi connectivity index (χ1) is 11.5. The van der Waals surface area contributed by atoms with Crippen molar-refractivity contribution in [2.75, 3.05) is 6.54 Å². The first-order valence-corrected chi connectivity index (χ1v) is 8.82. The van der Waals surface area contributed by atoms with Gasteiger partial charge in [0.25, 0.3) is 0 Å². The molecule has 1 amide bonds. The van der Waals surface area contributed by atoms with Gasteiger partial charge in [-0.15, -0.1) is 0 Å². The molecule has 1 saturated heterocycles. The first-order valence-electron chi connectivity index (χ1n) is 8.82. The third kappa shape index (κ3) is 5.21. The normalized spacial score (nSPS) is 20.7. The lowest BCUT2D eigenvalue weighted by Gasteiger charge is -2.37. The molecule has 1 aromatic carbocycles. The van der Waals surface area contributed by atoms with Gasteiger partial charge in [-0.3, -0.25) is 0 Å². The van der Waals surface area contributed by atoms with Crippen molar-refractivity contribution in [3.63, 3.8) is 0 Å². The van der Waals surface area contributed by atoms with Gasteiger partial charge in [0.05, 0.1) is 12.2 Å². The molecule has 134 valence electrons. The van der Waals surface area contributed by atoms with Gasteiger partial charge in [0.2, 0.25) is 0 Å². The molecule has 0 aromatic heterocycles. The third-order valence-electron chi connectivity index (χ3n) is 4.66. The second kappa shape index (κ2) is 9.04. The van der Waals surface area contributed by atoms with Crippen LogP contribution in [0.1, 0.15) is 45.1 Å². The lowest BCUT2D eigenvalue weighted by atomic mass is 9.92. The second-order valence-electron chi connectivity index (χ2n) is 6.92. The Morgan fingerprint density at radius 3 is 2.62 bits per heavy atom. The number of hydrogen-bond acceptors (Lipinski definition) is 4. The average Bonchev–Trinajstić information content (AvgIpc) is 2.60. The summed E-state index contributed by atoms with van der Waals surface area (Å²) in [6.07, 6.45) is 1.26. The molecule has 1 aliphatic rings.